The monoisotopic (exact) mass is 259 g/mol. The molecule has 0 aliphatic rings. The molecule has 2 aromatic rings. The summed E-state index contributed by atoms with van der Waals surface area (Å²) in [5, 5.41) is 0. The Morgan fingerprint density at radius 1 is 1.11 bits per heavy atom. The van der Waals surface area contributed by atoms with Crippen molar-refractivity contribution >= 4 is 5.97 Å². The molecule has 2 rings (SSSR count). The minimum Gasteiger partial charge on any atom is -0.460 e. The van der Waals surface area contributed by atoms with E-state index in [9.17, 15) is 9.18 Å². The van der Waals surface area contributed by atoms with Gasteiger partial charge in [0.15, 0.2) is 0 Å². The molecular formula is C15H14FNO2. The molecule has 19 heavy (non-hydrogen) atoms. The van der Waals surface area contributed by atoms with Crippen molar-refractivity contribution in [3.05, 3.63) is 71.5 Å². The second-order valence-electron chi connectivity index (χ2n) is 4.10. The van der Waals surface area contributed by atoms with Crippen molar-refractivity contribution in [2.24, 2.45) is 5.73 Å². The molecule has 1 atom stereocenters. The molecule has 0 bridgehead atoms. The van der Waals surface area contributed by atoms with Crippen molar-refractivity contribution in [2.45, 2.75) is 6.04 Å². The summed E-state index contributed by atoms with van der Waals surface area (Å²) in [5.41, 5.74) is 6.67. The van der Waals surface area contributed by atoms with E-state index >= 15 is 0 Å². The number of hydrogen-bond donors (Lipinski definition) is 1. The highest BCUT2D eigenvalue weighted by Crippen LogP contribution is 2.12. The molecule has 2 aromatic carbocycles. The van der Waals surface area contributed by atoms with Gasteiger partial charge < -0.3 is 10.5 Å². The third kappa shape index (κ3) is 3.39. The lowest BCUT2D eigenvalue weighted by Crippen LogP contribution is -2.20. The number of esters is 1. The zero-order chi connectivity index (χ0) is 13.7. The lowest BCUT2D eigenvalue weighted by molar-refractivity contribution is 0.0475. The smallest absolute Gasteiger partial charge is 0.341 e. The van der Waals surface area contributed by atoms with Crippen LogP contribution in [0.25, 0.3) is 0 Å². The van der Waals surface area contributed by atoms with Crippen LogP contribution in [0.3, 0.4) is 0 Å². The predicted octanol–water partition coefficient (Wildman–Crippen LogP) is 2.68. The first-order chi connectivity index (χ1) is 9.18. The molecule has 0 fully saturated rings. The second-order valence-corrected chi connectivity index (χ2v) is 4.10. The van der Waals surface area contributed by atoms with Gasteiger partial charge in [-0.05, 0) is 17.7 Å². The zero-order valence-corrected chi connectivity index (χ0v) is 10.3. The summed E-state index contributed by atoms with van der Waals surface area (Å²) >= 11 is 0. The van der Waals surface area contributed by atoms with Crippen molar-refractivity contribution in [3.8, 4) is 0 Å². The third-order valence-corrected chi connectivity index (χ3v) is 2.72. The maximum absolute atomic E-state index is 13.4. The molecule has 0 aliphatic carbocycles. The third-order valence-electron chi connectivity index (χ3n) is 2.72. The molecule has 0 saturated carbocycles. The second kappa shape index (κ2) is 6.11. The van der Waals surface area contributed by atoms with Crippen LogP contribution >= 0.6 is 0 Å². The molecule has 2 N–H and O–H groups in total. The fourth-order valence-corrected chi connectivity index (χ4v) is 1.67. The van der Waals surface area contributed by atoms with E-state index in [1.807, 2.05) is 30.3 Å². The van der Waals surface area contributed by atoms with Gasteiger partial charge in [0.05, 0.1) is 11.6 Å². The Morgan fingerprint density at radius 2 is 1.74 bits per heavy atom. The fraction of sp³-hybridized carbons (Fsp3) is 0.133. The van der Waals surface area contributed by atoms with E-state index in [1.165, 1.54) is 18.2 Å². The highest BCUT2D eigenvalue weighted by Gasteiger charge is 2.14. The van der Waals surface area contributed by atoms with Gasteiger partial charge in [-0.15, -0.1) is 0 Å². The standard InChI is InChI=1S/C15H14FNO2/c16-13-9-5-4-8-12(13)15(18)19-10-14(17)11-6-2-1-3-7-11/h1-9,14H,10,17H2/t14-/m0/s1. The average molecular weight is 259 g/mol. The summed E-state index contributed by atoms with van der Waals surface area (Å²) in [4.78, 5) is 11.7. The molecule has 0 heterocycles. The van der Waals surface area contributed by atoms with Crippen LogP contribution < -0.4 is 5.73 Å². The van der Waals surface area contributed by atoms with Crippen LogP contribution in [-0.4, -0.2) is 12.6 Å². The largest absolute Gasteiger partial charge is 0.460 e. The van der Waals surface area contributed by atoms with Crippen molar-refractivity contribution in [1.29, 1.82) is 0 Å². The van der Waals surface area contributed by atoms with Gasteiger partial charge in [0.2, 0.25) is 0 Å². The average Bonchev–Trinajstić information content (AvgIpc) is 2.46. The van der Waals surface area contributed by atoms with Crippen LogP contribution in [0.5, 0.6) is 0 Å². The predicted molar refractivity (Wildman–Crippen MR) is 70.1 cm³/mol. The van der Waals surface area contributed by atoms with Crippen LogP contribution in [0, 0.1) is 5.82 Å². The topological polar surface area (TPSA) is 52.3 Å². The number of carbonyl (C=O) groups is 1. The maximum atomic E-state index is 13.4. The van der Waals surface area contributed by atoms with Gasteiger partial charge in [0.1, 0.15) is 12.4 Å². The Kier molecular flexibility index (Phi) is 4.26. The van der Waals surface area contributed by atoms with E-state index in [2.05, 4.69) is 0 Å². The number of nitrogens with two attached hydrogens (primary N) is 1. The fourth-order valence-electron chi connectivity index (χ4n) is 1.67. The van der Waals surface area contributed by atoms with Crippen molar-refractivity contribution < 1.29 is 13.9 Å². The molecule has 0 spiro atoms. The summed E-state index contributed by atoms with van der Waals surface area (Å²) in [6.07, 6.45) is 0. The lowest BCUT2D eigenvalue weighted by atomic mass is 10.1. The molecule has 3 nitrogen and oxygen atoms in total. The lowest BCUT2D eigenvalue weighted by Gasteiger charge is -2.12. The van der Waals surface area contributed by atoms with Gasteiger partial charge in [-0.3, -0.25) is 0 Å². The van der Waals surface area contributed by atoms with E-state index in [0.717, 1.165) is 5.56 Å². The van der Waals surface area contributed by atoms with Crippen LogP contribution in [0.4, 0.5) is 4.39 Å². The van der Waals surface area contributed by atoms with Crippen molar-refractivity contribution in [1.82, 2.24) is 0 Å². The normalized spacial score (nSPS) is 11.9. The van der Waals surface area contributed by atoms with Gasteiger partial charge in [-0.25, -0.2) is 9.18 Å². The summed E-state index contributed by atoms with van der Waals surface area (Å²) in [6, 6.07) is 14.6. The minimum absolute atomic E-state index is 0.0111. The van der Waals surface area contributed by atoms with Gasteiger partial charge >= 0.3 is 5.97 Å². The summed E-state index contributed by atoms with van der Waals surface area (Å²) < 4.78 is 18.4. The van der Waals surface area contributed by atoms with E-state index in [0.29, 0.717) is 0 Å². The SMILES string of the molecule is N[C@@H](COC(=O)c1ccccc1F)c1ccccc1. The number of ether oxygens (including phenoxy) is 1. The van der Waals surface area contributed by atoms with Gasteiger partial charge in [0.25, 0.3) is 0 Å². The van der Waals surface area contributed by atoms with Gasteiger partial charge in [0, 0.05) is 0 Å². The molecule has 0 aliphatic heterocycles. The number of hydrogen-bond acceptors (Lipinski definition) is 3. The highest BCUT2D eigenvalue weighted by molar-refractivity contribution is 5.89. The quantitative estimate of drug-likeness (QED) is 0.859. The summed E-state index contributed by atoms with van der Waals surface area (Å²) in [6.45, 7) is 0.0111. The van der Waals surface area contributed by atoms with E-state index < -0.39 is 17.8 Å². The Morgan fingerprint density at radius 3 is 2.42 bits per heavy atom. The molecule has 0 amide bonds. The molecule has 0 radical (unpaired) electrons. The maximum Gasteiger partial charge on any atom is 0.341 e. The van der Waals surface area contributed by atoms with Gasteiger partial charge in [-0.1, -0.05) is 42.5 Å². The molecule has 0 aromatic heterocycles. The summed E-state index contributed by atoms with van der Waals surface area (Å²) in [5.74, 6) is -1.30. The van der Waals surface area contributed by atoms with Gasteiger partial charge in [-0.2, -0.15) is 0 Å². The van der Waals surface area contributed by atoms with Crippen molar-refractivity contribution in [3.63, 3.8) is 0 Å². The van der Waals surface area contributed by atoms with Crippen LogP contribution in [0.1, 0.15) is 22.0 Å². The molecule has 98 valence electrons. The van der Waals surface area contributed by atoms with Crippen LogP contribution in [0.2, 0.25) is 0 Å². The van der Waals surface area contributed by atoms with Crippen molar-refractivity contribution in [2.75, 3.05) is 6.61 Å². The molecule has 0 saturated heterocycles. The minimum atomic E-state index is -0.704. The zero-order valence-electron chi connectivity index (χ0n) is 10.3. The number of rotatable bonds is 4. The van der Waals surface area contributed by atoms with E-state index in [-0.39, 0.29) is 12.2 Å². The number of carbonyl (C=O) groups excluding carboxylic acids is 1. The first kappa shape index (κ1) is 13.2. The number of halogens is 1. The van der Waals surface area contributed by atoms with Crippen LogP contribution in [0.15, 0.2) is 54.6 Å². The van der Waals surface area contributed by atoms with E-state index in [4.69, 9.17) is 10.5 Å². The highest BCUT2D eigenvalue weighted by atomic mass is 19.1. The Labute approximate surface area is 110 Å². The van der Waals surface area contributed by atoms with Crippen LogP contribution in [-0.2, 0) is 4.74 Å². The molecular weight excluding hydrogens is 245 g/mol. The van der Waals surface area contributed by atoms with E-state index in [1.54, 1.807) is 6.07 Å². The Hall–Kier alpha value is -2.20. The first-order valence-electron chi connectivity index (χ1n) is 5.90. The molecule has 4 heteroatoms. The number of benzene rings is 2. The molecule has 0 unspecified atom stereocenters. The Balaban J connectivity index is 1.96. The summed E-state index contributed by atoms with van der Waals surface area (Å²) in [7, 11) is 0. The Bertz CT molecular complexity index is 557. The first-order valence-corrected chi connectivity index (χ1v) is 5.90.